The molecule has 1 aliphatic heterocycles. The molecule has 1 heterocycles. The third-order valence-electron chi connectivity index (χ3n) is 1.38. The summed E-state index contributed by atoms with van der Waals surface area (Å²) in [6.45, 7) is 4.35. The lowest BCUT2D eigenvalue weighted by Gasteiger charge is -2.19. The van der Waals surface area contributed by atoms with Gasteiger partial charge in [0.25, 0.3) is 0 Å². The van der Waals surface area contributed by atoms with E-state index in [4.69, 9.17) is 0 Å². The van der Waals surface area contributed by atoms with Gasteiger partial charge in [0, 0.05) is 0 Å². The fraction of sp³-hybridized carbons (Fsp3) is 0.429. The second-order valence-electron chi connectivity index (χ2n) is 2.21. The van der Waals surface area contributed by atoms with Crippen LogP contribution in [-0.2, 0) is 0 Å². The van der Waals surface area contributed by atoms with E-state index >= 15 is 0 Å². The van der Waals surface area contributed by atoms with Gasteiger partial charge in [-0.15, -0.1) is 8.46 Å². The second-order valence-corrected chi connectivity index (χ2v) is 8.43. The molecule has 0 fully saturated rings. The van der Waals surface area contributed by atoms with Crippen LogP contribution in [0.3, 0.4) is 0 Å². The number of hydrogen-bond donors (Lipinski definition) is 0. The molecular formula is C7H11BrS. The van der Waals surface area contributed by atoms with Crippen LogP contribution in [0.1, 0.15) is 13.8 Å². The monoisotopic (exact) mass is 206 g/mol. The Kier molecular flexibility index (Phi) is 2.07. The summed E-state index contributed by atoms with van der Waals surface area (Å²) in [5.74, 6) is 1.21. The van der Waals surface area contributed by atoms with E-state index < -0.39 is 8.46 Å². The zero-order chi connectivity index (χ0) is 6.91. The van der Waals surface area contributed by atoms with Crippen LogP contribution in [0.2, 0.25) is 0 Å². The van der Waals surface area contributed by atoms with Crippen molar-refractivity contribution in [3.8, 4) is 0 Å². The van der Waals surface area contributed by atoms with Gasteiger partial charge in [-0.25, -0.2) is 0 Å². The molecule has 2 heteroatoms. The molecule has 0 N–H and O–H groups in total. The van der Waals surface area contributed by atoms with Crippen LogP contribution in [0.5, 0.6) is 0 Å². The largest absolute Gasteiger partial charge is 0.142 e. The van der Waals surface area contributed by atoms with Crippen molar-refractivity contribution in [2.24, 2.45) is 0 Å². The summed E-state index contributed by atoms with van der Waals surface area (Å²) < 4.78 is 0. The zero-order valence-electron chi connectivity index (χ0n) is 5.73. The second kappa shape index (κ2) is 2.51. The molecule has 0 spiro atoms. The Balaban J connectivity index is 2.78. The highest BCUT2D eigenvalue weighted by molar-refractivity contribution is 9.59. The van der Waals surface area contributed by atoms with Crippen molar-refractivity contribution in [2.75, 3.05) is 5.75 Å². The smallest absolute Gasteiger partial charge is 0.00937 e. The van der Waals surface area contributed by atoms with E-state index in [0.717, 1.165) is 0 Å². The minimum absolute atomic E-state index is 0.621. The molecule has 0 amide bonds. The number of halogens is 1. The molecule has 0 aromatic rings. The predicted molar refractivity (Wildman–Crippen MR) is 50.0 cm³/mol. The van der Waals surface area contributed by atoms with E-state index in [1.54, 1.807) is 0 Å². The molecule has 0 bridgehead atoms. The number of rotatable bonds is 1. The first-order valence-corrected chi connectivity index (χ1v) is 6.80. The highest BCUT2D eigenvalue weighted by Gasteiger charge is 2.14. The summed E-state index contributed by atoms with van der Waals surface area (Å²) in [6, 6.07) is 0. The summed E-state index contributed by atoms with van der Waals surface area (Å²) in [4.78, 5) is 0. The van der Waals surface area contributed by atoms with Crippen LogP contribution < -0.4 is 0 Å². The molecule has 9 heavy (non-hydrogen) atoms. The van der Waals surface area contributed by atoms with Crippen molar-refractivity contribution >= 4 is 23.3 Å². The molecule has 1 aliphatic rings. The first-order valence-electron chi connectivity index (χ1n) is 3.03. The minimum Gasteiger partial charge on any atom is -0.142 e. The summed E-state index contributed by atoms with van der Waals surface area (Å²) in [5, 5.41) is 4.61. The lowest BCUT2D eigenvalue weighted by molar-refractivity contribution is 1.52. The first-order chi connectivity index (χ1) is 4.16. The zero-order valence-corrected chi connectivity index (χ0v) is 8.13. The average Bonchev–Trinajstić information content (AvgIpc) is 2.13. The van der Waals surface area contributed by atoms with Crippen molar-refractivity contribution in [3.05, 3.63) is 22.5 Å². The molecule has 0 aromatic carbocycles. The molecule has 1 atom stereocenters. The van der Waals surface area contributed by atoms with E-state index in [1.165, 1.54) is 11.3 Å². The van der Waals surface area contributed by atoms with Gasteiger partial charge in [0.15, 0.2) is 0 Å². The fourth-order valence-electron chi connectivity index (χ4n) is 0.788. The quantitative estimate of drug-likeness (QED) is 0.616. The van der Waals surface area contributed by atoms with Crippen molar-refractivity contribution in [3.63, 3.8) is 0 Å². The Bertz CT molecular complexity index is 172. The van der Waals surface area contributed by atoms with E-state index in [-0.39, 0.29) is 0 Å². The summed E-state index contributed by atoms with van der Waals surface area (Å²) in [6.07, 6.45) is 2.19. The van der Waals surface area contributed by atoms with Gasteiger partial charge in [-0.1, -0.05) is 13.0 Å². The van der Waals surface area contributed by atoms with Gasteiger partial charge < -0.3 is 0 Å². The standard InChI is InChI=1S/C7H11BrS/c1-3-9(8)5-4-7(2)6-9/h4-6H,3H2,1-2H3. The fourth-order valence-corrected chi connectivity index (χ4v) is 3.57. The molecule has 0 nitrogen and oxygen atoms in total. The molecule has 0 aliphatic carbocycles. The molecule has 0 saturated carbocycles. The molecule has 0 saturated heterocycles. The van der Waals surface area contributed by atoms with Crippen molar-refractivity contribution in [1.29, 1.82) is 0 Å². The molecule has 1 rings (SSSR count). The highest BCUT2D eigenvalue weighted by Crippen LogP contribution is 2.61. The van der Waals surface area contributed by atoms with E-state index in [2.05, 4.69) is 45.6 Å². The van der Waals surface area contributed by atoms with Gasteiger partial charge in [0.2, 0.25) is 0 Å². The van der Waals surface area contributed by atoms with Crippen molar-refractivity contribution in [2.45, 2.75) is 13.8 Å². The summed E-state index contributed by atoms with van der Waals surface area (Å²) >= 11 is 3.71. The maximum absolute atomic E-state index is 3.71. The third kappa shape index (κ3) is 1.62. The Morgan fingerprint density at radius 3 is 2.56 bits per heavy atom. The normalized spacial score (nSPS) is 40.1. The van der Waals surface area contributed by atoms with E-state index in [9.17, 15) is 0 Å². The van der Waals surface area contributed by atoms with E-state index in [0.29, 0.717) is 0 Å². The first kappa shape index (κ1) is 7.42. The molecular weight excluding hydrogens is 196 g/mol. The predicted octanol–water partition coefficient (Wildman–Crippen LogP) is 3.55. The lowest BCUT2D eigenvalue weighted by atomic mass is 10.4. The van der Waals surface area contributed by atoms with Gasteiger partial charge in [0.1, 0.15) is 0 Å². The Labute approximate surface area is 65.5 Å². The van der Waals surface area contributed by atoms with Crippen molar-refractivity contribution in [1.82, 2.24) is 0 Å². The van der Waals surface area contributed by atoms with Gasteiger partial charge in [-0.05, 0) is 43.9 Å². The maximum atomic E-state index is 3.71. The van der Waals surface area contributed by atoms with Gasteiger partial charge in [-0.2, -0.15) is 0 Å². The molecule has 52 valence electrons. The van der Waals surface area contributed by atoms with Gasteiger partial charge >= 0.3 is 0 Å². The SMILES string of the molecule is CCS1(Br)C=CC(C)=C1. The van der Waals surface area contributed by atoms with Crippen LogP contribution in [-0.4, -0.2) is 5.75 Å². The number of allylic oxidation sites excluding steroid dienone is 2. The Hall–Kier alpha value is 0.310. The summed E-state index contributed by atoms with van der Waals surface area (Å²) in [5.41, 5.74) is 1.39. The third-order valence-corrected chi connectivity index (χ3v) is 6.20. The van der Waals surface area contributed by atoms with Crippen LogP contribution in [0.15, 0.2) is 22.5 Å². The highest BCUT2D eigenvalue weighted by atomic mass is 79.9. The minimum atomic E-state index is -0.621. The van der Waals surface area contributed by atoms with Crippen LogP contribution in [0.4, 0.5) is 0 Å². The van der Waals surface area contributed by atoms with Gasteiger partial charge in [-0.3, -0.25) is 0 Å². The van der Waals surface area contributed by atoms with Crippen LogP contribution in [0.25, 0.3) is 0 Å². The lowest BCUT2D eigenvalue weighted by Crippen LogP contribution is -1.80. The van der Waals surface area contributed by atoms with E-state index in [1.807, 2.05) is 0 Å². The molecule has 0 aromatic heterocycles. The topological polar surface area (TPSA) is 0 Å². The number of hydrogen-bond acceptors (Lipinski definition) is 0. The Morgan fingerprint density at radius 1 is 1.67 bits per heavy atom. The Morgan fingerprint density at radius 2 is 2.33 bits per heavy atom. The van der Waals surface area contributed by atoms with Crippen molar-refractivity contribution < 1.29 is 0 Å². The summed E-state index contributed by atoms with van der Waals surface area (Å²) in [7, 11) is -0.621. The molecule has 1 unspecified atom stereocenters. The van der Waals surface area contributed by atoms with Crippen LogP contribution in [0, 0.1) is 0 Å². The maximum Gasteiger partial charge on any atom is -0.00937 e. The average molecular weight is 207 g/mol. The van der Waals surface area contributed by atoms with Gasteiger partial charge in [0.05, 0.1) is 0 Å². The van der Waals surface area contributed by atoms with Crippen LogP contribution >= 0.6 is 23.3 Å². The molecule has 0 radical (unpaired) electrons.